The van der Waals surface area contributed by atoms with Crippen molar-refractivity contribution in [2.24, 2.45) is 0 Å². The van der Waals surface area contributed by atoms with Gasteiger partial charge in [0, 0.05) is 25.7 Å². The SMILES string of the molecule is Cc1ccc(C(CNC(=O)c2cc(=O)c3cc(C)ccc3o2)N2CCOCC2)cc1. The van der Waals surface area contributed by atoms with E-state index in [-0.39, 0.29) is 23.1 Å². The number of carbonyl (C=O) groups excluding carboxylic acids is 1. The van der Waals surface area contributed by atoms with Crippen molar-refractivity contribution in [1.29, 1.82) is 0 Å². The maximum Gasteiger partial charge on any atom is 0.287 e. The van der Waals surface area contributed by atoms with Crippen molar-refractivity contribution in [2.45, 2.75) is 19.9 Å². The largest absolute Gasteiger partial charge is 0.451 e. The van der Waals surface area contributed by atoms with E-state index in [1.54, 1.807) is 12.1 Å². The molecule has 1 saturated heterocycles. The van der Waals surface area contributed by atoms with Crippen LogP contribution < -0.4 is 10.7 Å². The highest BCUT2D eigenvalue weighted by Gasteiger charge is 2.24. The van der Waals surface area contributed by atoms with Crippen molar-refractivity contribution in [3.8, 4) is 0 Å². The summed E-state index contributed by atoms with van der Waals surface area (Å²) < 4.78 is 11.2. The van der Waals surface area contributed by atoms with Crippen LogP contribution in [0.25, 0.3) is 11.0 Å². The van der Waals surface area contributed by atoms with Crippen LogP contribution in [-0.4, -0.2) is 43.7 Å². The molecule has 156 valence electrons. The molecular weight excluding hydrogens is 380 g/mol. The second-order valence-electron chi connectivity index (χ2n) is 7.76. The van der Waals surface area contributed by atoms with E-state index in [2.05, 4.69) is 41.4 Å². The number of hydrogen-bond acceptors (Lipinski definition) is 5. The van der Waals surface area contributed by atoms with Gasteiger partial charge in [0.25, 0.3) is 5.91 Å². The molecule has 2 heterocycles. The molecule has 0 spiro atoms. The Kier molecular flexibility index (Phi) is 5.97. The average molecular weight is 406 g/mol. The minimum Gasteiger partial charge on any atom is -0.451 e. The third-order valence-corrected chi connectivity index (χ3v) is 5.51. The Morgan fingerprint density at radius 2 is 1.73 bits per heavy atom. The Hall–Kier alpha value is -2.96. The van der Waals surface area contributed by atoms with Gasteiger partial charge in [-0.2, -0.15) is 0 Å². The van der Waals surface area contributed by atoms with Crippen LogP contribution in [-0.2, 0) is 4.74 Å². The van der Waals surface area contributed by atoms with Gasteiger partial charge in [-0.25, -0.2) is 0 Å². The van der Waals surface area contributed by atoms with Gasteiger partial charge in [-0.3, -0.25) is 14.5 Å². The highest BCUT2D eigenvalue weighted by Crippen LogP contribution is 2.22. The van der Waals surface area contributed by atoms with E-state index in [1.807, 2.05) is 13.0 Å². The number of nitrogens with one attached hydrogen (secondary N) is 1. The van der Waals surface area contributed by atoms with Crippen molar-refractivity contribution in [1.82, 2.24) is 10.2 Å². The highest BCUT2D eigenvalue weighted by molar-refractivity contribution is 5.93. The van der Waals surface area contributed by atoms with Crippen molar-refractivity contribution >= 4 is 16.9 Å². The van der Waals surface area contributed by atoms with Crippen LogP contribution in [0.3, 0.4) is 0 Å². The molecule has 0 saturated carbocycles. The van der Waals surface area contributed by atoms with Gasteiger partial charge in [0.1, 0.15) is 5.58 Å². The molecule has 1 aliphatic heterocycles. The highest BCUT2D eigenvalue weighted by atomic mass is 16.5. The smallest absolute Gasteiger partial charge is 0.287 e. The Balaban J connectivity index is 1.55. The zero-order valence-corrected chi connectivity index (χ0v) is 17.3. The zero-order valence-electron chi connectivity index (χ0n) is 17.3. The third kappa shape index (κ3) is 4.45. The summed E-state index contributed by atoms with van der Waals surface area (Å²) in [6, 6.07) is 15.0. The minimum atomic E-state index is -0.389. The molecule has 1 aromatic heterocycles. The molecule has 4 rings (SSSR count). The lowest BCUT2D eigenvalue weighted by Crippen LogP contribution is -2.43. The second-order valence-corrected chi connectivity index (χ2v) is 7.76. The monoisotopic (exact) mass is 406 g/mol. The molecular formula is C24H26N2O4. The molecule has 1 atom stereocenters. The molecule has 2 aromatic carbocycles. The summed E-state index contributed by atoms with van der Waals surface area (Å²) in [7, 11) is 0. The van der Waals surface area contributed by atoms with Gasteiger partial charge < -0.3 is 14.5 Å². The fourth-order valence-corrected chi connectivity index (χ4v) is 3.79. The number of aryl methyl sites for hydroxylation is 2. The van der Waals surface area contributed by atoms with Crippen LogP contribution >= 0.6 is 0 Å². The number of carbonyl (C=O) groups is 1. The Labute approximate surface area is 175 Å². The first-order valence-corrected chi connectivity index (χ1v) is 10.2. The fraction of sp³-hybridized carbons (Fsp3) is 0.333. The summed E-state index contributed by atoms with van der Waals surface area (Å²) in [4.78, 5) is 27.5. The molecule has 1 fully saturated rings. The summed E-state index contributed by atoms with van der Waals surface area (Å²) in [5.74, 6) is -0.360. The number of benzene rings is 2. The molecule has 0 bridgehead atoms. The van der Waals surface area contributed by atoms with Crippen molar-refractivity contribution in [3.63, 3.8) is 0 Å². The lowest BCUT2D eigenvalue weighted by atomic mass is 10.0. The predicted octanol–water partition coefficient (Wildman–Crippen LogP) is 3.21. The van der Waals surface area contributed by atoms with Crippen molar-refractivity contribution < 1.29 is 13.9 Å². The van der Waals surface area contributed by atoms with E-state index in [0.29, 0.717) is 30.7 Å². The first-order valence-electron chi connectivity index (χ1n) is 10.2. The first-order chi connectivity index (χ1) is 14.5. The van der Waals surface area contributed by atoms with Crippen LogP contribution in [0.1, 0.15) is 33.3 Å². The average Bonchev–Trinajstić information content (AvgIpc) is 2.76. The molecule has 30 heavy (non-hydrogen) atoms. The van der Waals surface area contributed by atoms with E-state index < -0.39 is 0 Å². The number of hydrogen-bond donors (Lipinski definition) is 1. The number of fused-ring (bicyclic) bond motifs is 1. The van der Waals surface area contributed by atoms with E-state index in [0.717, 1.165) is 24.2 Å². The normalized spacial score (nSPS) is 15.8. The van der Waals surface area contributed by atoms with Crippen LogP contribution in [0, 0.1) is 13.8 Å². The van der Waals surface area contributed by atoms with E-state index >= 15 is 0 Å². The number of amides is 1. The zero-order chi connectivity index (χ0) is 21.1. The number of rotatable bonds is 5. The lowest BCUT2D eigenvalue weighted by Gasteiger charge is -2.35. The van der Waals surface area contributed by atoms with Crippen LogP contribution in [0.2, 0.25) is 0 Å². The Bertz CT molecular complexity index is 1100. The predicted molar refractivity (Wildman–Crippen MR) is 116 cm³/mol. The van der Waals surface area contributed by atoms with E-state index in [9.17, 15) is 9.59 Å². The standard InChI is InChI=1S/C24H26N2O4/c1-16-3-6-18(7-4-16)20(26-9-11-29-12-10-26)15-25-24(28)23-14-21(27)19-13-17(2)5-8-22(19)30-23/h3-8,13-14,20H,9-12,15H2,1-2H3,(H,25,28). The van der Waals surface area contributed by atoms with Gasteiger partial charge in [0.05, 0.1) is 24.6 Å². The van der Waals surface area contributed by atoms with E-state index in [1.165, 1.54) is 11.6 Å². The number of nitrogens with zero attached hydrogens (tertiary/aromatic N) is 1. The van der Waals surface area contributed by atoms with Gasteiger partial charge >= 0.3 is 0 Å². The van der Waals surface area contributed by atoms with Gasteiger partial charge in [0.15, 0.2) is 11.2 Å². The molecule has 6 nitrogen and oxygen atoms in total. The fourth-order valence-electron chi connectivity index (χ4n) is 3.79. The molecule has 0 radical (unpaired) electrons. The van der Waals surface area contributed by atoms with Crippen LogP contribution in [0.5, 0.6) is 0 Å². The Morgan fingerprint density at radius 1 is 1.03 bits per heavy atom. The van der Waals surface area contributed by atoms with Crippen molar-refractivity contribution in [2.75, 3.05) is 32.8 Å². The third-order valence-electron chi connectivity index (χ3n) is 5.51. The molecule has 6 heteroatoms. The molecule has 1 unspecified atom stereocenters. The lowest BCUT2D eigenvalue weighted by molar-refractivity contribution is 0.0161. The molecule has 1 amide bonds. The quantitative estimate of drug-likeness (QED) is 0.705. The summed E-state index contributed by atoms with van der Waals surface area (Å²) in [6.45, 7) is 7.34. The van der Waals surface area contributed by atoms with E-state index in [4.69, 9.17) is 9.15 Å². The molecule has 3 aromatic rings. The van der Waals surface area contributed by atoms with Gasteiger partial charge in [0.2, 0.25) is 0 Å². The molecule has 1 aliphatic rings. The summed E-state index contributed by atoms with van der Waals surface area (Å²) in [5, 5.41) is 3.44. The van der Waals surface area contributed by atoms with Gasteiger partial charge in [-0.05, 0) is 31.5 Å². The molecule has 1 N–H and O–H groups in total. The maximum atomic E-state index is 12.8. The topological polar surface area (TPSA) is 71.8 Å². The van der Waals surface area contributed by atoms with Gasteiger partial charge in [-0.15, -0.1) is 0 Å². The first kappa shape index (κ1) is 20.3. The Morgan fingerprint density at radius 3 is 2.47 bits per heavy atom. The van der Waals surface area contributed by atoms with Crippen molar-refractivity contribution in [3.05, 3.63) is 81.2 Å². The summed E-state index contributed by atoms with van der Waals surface area (Å²) in [5.41, 5.74) is 3.50. The summed E-state index contributed by atoms with van der Waals surface area (Å²) >= 11 is 0. The number of morpholine rings is 1. The minimum absolute atomic E-state index is 0.0216. The van der Waals surface area contributed by atoms with Crippen LogP contribution in [0.15, 0.2) is 57.7 Å². The summed E-state index contributed by atoms with van der Waals surface area (Å²) in [6.07, 6.45) is 0. The second kappa shape index (κ2) is 8.81. The maximum absolute atomic E-state index is 12.8. The number of ether oxygens (including phenoxy) is 1. The van der Waals surface area contributed by atoms with Crippen LogP contribution in [0.4, 0.5) is 0 Å². The molecule has 0 aliphatic carbocycles. The van der Waals surface area contributed by atoms with Gasteiger partial charge in [-0.1, -0.05) is 41.5 Å².